The second-order valence-corrected chi connectivity index (χ2v) is 8.19. The van der Waals surface area contributed by atoms with Gasteiger partial charge in [-0.15, -0.1) is 0 Å². The summed E-state index contributed by atoms with van der Waals surface area (Å²) in [7, 11) is 0. The molecule has 3 aromatic heterocycles. The summed E-state index contributed by atoms with van der Waals surface area (Å²) in [6.45, 7) is 3.07. The van der Waals surface area contributed by atoms with Crippen molar-refractivity contribution in [2.24, 2.45) is 0 Å². The quantitative estimate of drug-likeness (QED) is 0.526. The van der Waals surface area contributed by atoms with Gasteiger partial charge in [0, 0.05) is 42.5 Å². The number of carbonyl (C=O) groups is 2. The third-order valence-electron chi connectivity index (χ3n) is 5.97. The van der Waals surface area contributed by atoms with Crippen LogP contribution in [0.5, 0.6) is 0 Å². The molecule has 1 aliphatic heterocycles. The molecule has 0 radical (unpaired) electrons. The second-order valence-electron chi connectivity index (χ2n) is 8.19. The Hall–Kier alpha value is -4.07. The molecule has 166 valence electrons. The van der Waals surface area contributed by atoms with E-state index in [0.29, 0.717) is 35.7 Å². The van der Waals surface area contributed by atoms with E-state index in [2.05, 4.69) is 20.4 Å². The van der Waals surface area contributed by atoms with Crippen LogP contribution in [0.1, 0.15) is 39.3 Å². The molecular formula is C25H24N6O2. The van der Waals surface area contributed by atoms with Gasteiger partial charge in [-0.05, 0) is 50.1 Å². The third-order valence-corrected chi connectivity index (χ3v) is 5.97. The Labute approximate surface area is 191 Å². The minimum atomic E-state index is -0.0737. The summed E-state index contributed by atoms with van der Waals surface area (Å²) in [5.41, 5.74) is 2.65. The molecule has 1 aliphatic rings. The standard InChI is InChI=1S/C25H24N6O2/c1-17-21-15-19(16-27-23(21)31(29-17)22-9-5-6-12-26-22)25(33)30-13-10-20(11-14-30)28-24(32)18-7-3-2-4-8-18/h2-9,12,15-16,20H,10-11,13-14H2,1H3,(H,28,32). The topological polar surface area (TPSA) is 93.0 Å². The first-order valence-electron chi connectivity index (χ1n) is 11.0. The lowest BCUT2D eigenvalue weighted by atomic mass is 10.0. The van der Waals surface area contributed by atoms with Crippen molar-refractivity contribution in [3.05, 3.63) is 83.8 Å². The number of piperidine rings is 1. The Bertz CT molecular complexity index is 1290. The summed E-state index contributed by atoms with van der Waals surface area (Å²) in [5.74, 6) is 0.555. The minimum absolute atomic E-state index is 0.0535. The number of rotatable bonds is 4. The van der Waals surface area contributed by atoms with E-state index in [1.165, 1.54) is 0 Å². The van der Waals surface area contributed by atoms with Crippen molar-refractivity contribution in [2.45, 2.75) is 25.8 Å². The molecular weight excluding hydrogens is 416 g/mol. The highest BCUT2D eigenvalue weighted by molar-refractivity contribution is 5.97. The maximum atomic E-state index is 13.1. The van der Waals surface area contributed by atoms with Crippen LogP contribution in [0.2, 0.25) is 0 Å². The summed E-state index contributed by atoms with van der Waals surface area (Å²) >= 11 is 0. The Kier molecular flexibility index (Phi) is 5.56. The van der Waals surface area contributed by atoms with Gasteiger partial charge in [0.05, 0.1) is 11.3 Å². The first kappa shape index (κ1) is 20.8. The van der Waals surface area contributed by atoms with Gasteiger partial charge in [-0.3, -0.25) is 9.59 Å². The van der Waals surface area contributed by atoms with Crippen LogP contribution < -0.4 is 5.32 Å². The number of likely N-dealkylation sites (tertiary alicyclic amines) is 1. The number of amides is 2. The Morgan fingerprint density at radius 2 is 1.73 bits per heavy atom. The SMILES string of the molecule is Cc1nn(-c2ccccn2)c2ncc(C(=O)N3CCC(NC(=O)c4ccccc4)CC3)cc12. The van der Waals surface area contributed by atoms with Crippen LogP contribution >= 0.6 is 0 Å². The molecule has 8 nitrogen and oxygen atoms in total. The predicted molar refractivity (Wildman–Crippen MR) is 124 cm³/mol. The van der Waals surface area contributed by atoms with Gasteiger partial charge in [0.2, 0.25) is 0 Å². The number of pyridine rings is 2. The van der Waals surface area contributed by atoms with Crippen LogP contribution in [0, 0.1) is 6.92 Å². The number of hydrogen-bond donors (Lipinski definition) is 1. The monoisotopic (exact) mass is 440 g/mol. The van der Waals surface area contributed by atoms with Crippen molar-refractivity contribution in [1.82, 2.24) is 30.0 Å². The third kappa shape index (κ3) is 4.19. The molecule has 1 fully saturated rings. The summed E-state index contributed by atoms with van der Waals surface area (Å²) in [6.07, 6.45) is 4.75. The molecule has 0 bridgehead atoms. The van der Waals surface area contributed by atoms with E-state index in [1.807, 2.05) is 54.3 Å². The first-order chi connectivity index (χ1) is 16.1. The average Bonchev–Trinajstić information content (AvgIpc) is 3.21. The highest BCUT2D eigenvalue weighted by Gasteiger charge is 2.26. The van der Waals surface area contributed by atoms with E-state index in [0.717, 1.165) is 23.9 Å². The molecule has 0 atom stereocenters. The van der Waals surface area contributed by atoms with Crippen LogP contribution in [0.3, 0.4) is 0 Å². The minimum Gasteiger partial charge on any atom is -0.349 e. The molecule has 1 saturated heterocycles. The summed E-state index contributed by atoms with van der Waals surface area (Å²) in [6, 6.07) is 16.7. The first-order valence-corrected chi connectivity index (χ1v) is 11.0. The van der Waals surface area contributed by atoms with Crippen LogP contribution in [0.15, 0.2) is 67.0 Å². The molecule has 0 aliphatic carbocycles. The number of nitrogens with zero attached hydrogens (tertiary/aromatic N) is 5. The van der Waals surface area contributed by atoms with Crippen LogP contribution in [0.4, 0.5) is 0 Å². The zero-order chi connectivity index (χ0) is 22.8. The number of aryl methyl sites for hydroxylation is 1. The number of carbonyl (C=O) groups excluding carboxylic acids is 2. The molecule has 0 saturated carbocycles. The second kappa shape index (κ2) is 8.82. The maximum absolute atomic E-state index is 13.1. The highest BCUT2D eigenvalue weighted by Crippen LogP contribution is 2.22. The van der Waals surface area contributed by atoms with Crippen molar-refractivity contribution < 1.29 is 9.59 Å². The molecule has 4 heterocycles. The van der Waals surface area contributed by atoms with Crippen molar-refractivity contribution in [1.29, 1.82) is 0 Å². The van der Waals surface area contributed by atoms with Gasteiger partial charge < -0.3 is 10.2 Å². The summed E-state index contributed by atoms with van der Waals surface area (Å²) < 4.78 is 1.69. The number of aromatic nitrogens is 4. The number of nitrogens with one attached hydrogen (secondary N) is 1. The Balaban J connectivity index is 1.27. The molecule has 4 aromatic rings. The normalized spacial score (nSPS) is 14.4. The predicted octanol–water partition coefficient (Wildman–Crippen LogP) is 3.16. The lowest BCUT2D eigenvalue weighted by molar-refractivity contribution is 0.0698. The fourth-order valence-corrected chi connectivity index (χ4v) is 4.17. The van der Waals surface area contributed by atoms with Gasteiger partial charge in [-0.2, -0.15) is 9.78 Å². The Morgan fingerprint density at radius 1 is 0.970 bits per heavy atom. The summed E-state index contributed by atoms with van der Waals surface area (Å²) in [5, 5.41) is 8.47. The van der Waals surface area contributed by atoms with E-state index in [9.17, 15) is 9.59 Å². The number of benzene rings is 1. The van der Waals surface area contributed by atoms with E-state index < -0.39 is 0 Å². The fraction of sp³-hybridized carbons (Fsp3) is 0.240. The van der Waals surface area contributed by atoms with E-state index in [4.69, 9.17) is 0 Å². The van der Waals surface area contributed by atoms with Crippen LogP contribution in [-0.2, 0) is 0 Å². The smallest absolute Gasteiger partial charge is 0.255 e. The van der Waals surface area contributed by atoms with E-state index >= 15 is 0 Å². The molecule has 5 rings (SSSR count). The number of hydrogen-bond acceptors (Lipinski definition) is 5. The van der Waals surface area contributed by atoms with Crippen LogP contribution in [-0.4, -0.2) is 55.6 Å². The molecule has 1 N–H and O–H groups in total. The van der Waals surface area contributed by atoms with Gasteiger partial charge in [0.1, 0.15) is 0 Å². The van der Waals surface area contributed by atoms with Gasteiger partial charge in [0.25, 0.3) is 11.8 Å². The molecule has 1 aromatic carbocycles. The molecule has 0 unspecified atom stereocenters. The largest absolute Gasteiger partial charge is 0.349 e. The zero-order valence-corrected chi connectivity index (χ0v) is 18.3. The lowest BCUT2D eigenvalue weighted by Gasteiger charge is -2.32. The van der Waals surface area contributed by atoms with E-state index in [-0.39, 0.29) is 17.9 Å². The van der Waals surface area contributed by atoms with Crippen molar-refractivity contribution in [2.75, 3.05) is 13.1 Å². The van der Waals surface area contributed by atoms with Gasteiger partial charge >= 0.3 is 0 Å². The number of fused-ring (bicyclic) bond motifs is 1. The zero-order valence-electron chi connectivity index (χ0n) is 18.3. The maximum Gasteiger partial charge on any atom is 0.255 e. The molecule has 33 heavy (non-hydrogen) atoms. The van der Waals surface area contributed by atoms with Crippen molar-refractivity contribution in [3.8, 4) is 5.82 Å². The van der Waals surface area contributed by atoms with Crippen molar-refractivity contribution in [3.63, 3.8) is 0 Å². The molecule has 2 amide bonds. The van der Waals surface area contributed by atoms with E-state index in [1.54, 1.807) is 29.2 Å². The molecule has 8 heteroatoms. The summed E-state index contributed by atoms with van der Waals surface area (Å²) in [4.78, 5) is 36.2. The van der Waals surface area contributed by atoms with Gasteiger partial charge in [0.15, 0.2) is 11.5 Å². The lowest BCUT2D eigenvalue weighted by Crippen LogP contribution is -2.46. The van der Waals surface area contributed by atoms with Gasteiger partial charge in [-0.1, -0.05) is 24.3 Å². The highest BCUT2D eigenvalue weighted by atomic mass is 16.2. The average molecular weight is 441 g/mol. The molecule has 0 spiro atoms. The van der Waals surface area contributed by atoms with Crippen molar-refractivity contribution >= 4 is 22.8 Å². The van der Waals surface area contributed by atoms with Gasteiger partial charge in [-0.25, -0.2) is 9.97 Å². The Morgan fingerprint density at radius 3 is 2.45 bits per heavy atom. The fourth-order valence-electron chi connectivity index (χ4n) is 4.17. The van der Waals surface area contributed by atoms with Crippen LogP contribution in [0.25, 0.3) is 16.9 Å².